The Hall–Kier alpha value is -4.00. The van der Waals surface area contributed by atoms with Gasteiger partial charge in [0.05, 0.1) is 28.1 Å². The minimum Gasteiger partial charge on any atom is -0.378 e. The van der Waals surface area contributed by atoms with E-state index >= 15 is 0 Å². The van der Waals surface area contributed by atoms with E-state index in [1.54, 1.807) is 30.3 Å². The lowest BCUT2D eigenvalue weighted by Gasteiger charge is -2.14. The molecular formula is C21H16N4O3. The summed E-state index contributed by atoms with van der Waals surface area (Å²) in [7, 11) is 0. The second-order valence-electron chi connectivity index (χ2n) is 6.18. The molecule has 0 spiro atoms. The summed E-state index contributed by atoms with van der Waals surface area (Å²) >= 11 is 0. The Morgan fingerprint density at radius 2 is 1.61 bits per heavy atom. The standard InChI is InChI=1S/C21H16N4O3/c26-21-18-8-4-5-9-19(18)23-20(14-22-15-6-2-1-3-7-15)24(21)16-10-12-17(13-11-16)25(27)28/h1-13,22H,14H2. The highest BCUT2D eigenvalue weighted by atomic mass is 16.6. The van der Waals surface area contributed by atoms with Crippen molar-refractivity contribution >= 4 is 22.3 Å². The van der Waals surface area contributed by atoms with E-state index in [1.807, 2.05) is 36.4 Å². The van der Waals surface area contributed by atoms with E-state index in [4.69, 9.17) is 0 Å². The predicted molar refractivity (Wildman–Crippen MR) is 108 cm³/mol. The molecule has 0 amide bonds. The molecule has 28 heavy (non-hydrogen) atoms. The Morgan fingerprint density at radius 1 is 0.929 bits per heavy atom. The maximum atomic E-state index is 13.1. The van der Waals surface area contributed by atoms with E-state index in [0.717, 1.165) is 5.69 Å². The topological polar surface area (TPSA) is 90.1 Å². The number of anilines is 1. The van der Waals surface area contributed by atoms with Crippen molar-refractivity contribution in [3.05, 3.63) is 105 Å². The summed E-state index contributed by atoms with van der Waals surface area (Å²) in [6.45, 7) is 0.321. The zero-order valence-corrected chi connectivity index (χ0v) is 14.8. The summed E-state index contributed by atoms with van der Waals surface area (Å²) in [5.74, 6) is 0.515. The highest BCUT2D eigenvalue weighted by Gasteiger charge is 2.14. The number of non-ortho nitro benzene ring substituents is 1. The third kappa shape index (κ3) is 3.33. The molecule has 0 bridgehead atoms. The number of para-hydroxylation sites is 2. The smallest absolute Gasteiger partial charge is 0.269 e. The molecule has 0 saturated heterocycles. The van der Waals surface area contributed by atoms with Crippen LogP contribution in [0.3, 0.4) is 0 Å². The number of benzene rings is 3. The first-order chi connectivity index (χ1) is 13.6. The number of hydrogen-bond acceptors (Lipinski definition) is 5. The first-order valence-electron chi connectivity index (χ1n) is 8.68. The minimum atomic E-state index is -0.469. The largest absolute Gasteiger partial charge is 0.378 e. The molecule has 0 radical (unpaired) electrons. The highest BCUT2D eigenvalue weighted by molar-refractivity contribution is 5.77. The average Bonchev–Trinajstić information content (AvgIpc) is 2.73. The molecule has 4 rings (SSSR count). The summed E-state index contributed by atoms with van der Waals surface area (Å²) in [6.07, 6.45) is 0. The maximum absolute atomic E-state index is 13.1. The Morgan fingerprint density at radius 3 is 2.32 bits per heavy atom. The molecule has 0 aliphatic carbocycles. The summed E-state index contributed by atoms with van der Waals surface area (Å²) in [5.41, 5.74) is 1.79. The molecule has 0 saturated carbocycles. The Bertz CT molecular complexity index is 1200. The number of nitrogens with one attached hydrogen (secondary N) is 1. The number of hydrogen-bond donors (Lipinski definition) is 1. The summed E-state index contributed by atoms with van der Waals surface area (Å²) in [5, 5.41) is 14.7. The number of nitrogens with zero attached hydrogens (tertiary/aromatic N) is 3. The van der Waals surface area contributed by atoms with Crippen molar-refractivity contribution in [2.24, 2.45) is 0 Å². The second kappa shape index (κ2) is 7.32. The predicted octanol–water partition coefficient (Wildman–Crippen LogP) is 3.91. The molecule has 0 aliphatic rings. The average molecular weight is 372 g/mol. The lowest BCUT2D eigenvalue weighted by Crippen LogP contribution is -2.25. The lowest BCUT2D eigenvalue weighted by molar-refractivity contribution is -0.384. The molecule has 0 fully saturated rings. The first-order valence-corrected chi connectivity index (χ1v) is 8.68. The molecule has 3 aromatic carbocycles. The maximum Gasteiger partial charge on any atom is 0.269 e. The fourth-order valence-electron chi connectivity index (χ4n) is 3.02. The van der Waals surface area contributed by atoms with E-state index in [0.29, 0.717) is 29.0 Å². The SMILES string of the molecule is O=c1c2ccccc2nc(CNc2ccccc2)n1-c1ccc([N+](=O)[O-])cc1. The zero-order chi connectivity index (χ0) is 19.5. The van der Waals surface area contributed by atoms with E-state index in [9.17, 15) is 14.9 Å². The Labute approximate surface area is 160 Å². The van der Waals surface area contributed by atoms with Crippen LogP contribution in [0.2, 0.25) is 0 Å². The van der Waals surface area contributed by atoms with Gasteiger partial charge in [-0.25, -0.2) is 4.98 Å². The zero-order valence-electron chi connectivity index (χ0n) is 14.8. The van der Waals surface area contributed by atoms with Crippen LogP contribution < -0.4 is 10.9 Å². The third-order valence-corrected chi connectivity index (χ3v) is 4.39. The number of aromatic nitrogens is 2. The van der Waals surface area contributed by atoms with Gasteiger partial charge in [0.15, 0.2) is 0 Å². The van der Waals surface area contributed by atoms with Crippen LogP contribution in [0, 0.1) is 10.1 Å². The molecule has 138 valence electrons. The van der Waals surface area contributed by atoms with Gasteiger partial charge in [0.1, 0.15) is 5.82 Å². The van der Waals surface area contributed by atoms with Gasteiger partial charge >= 0.3 is 0 Å². The van der Waals surface area contributed by atoms with Crippen molar-refractivity contribution < 1.29 is 4.92 Å². The fraction of sp³-hybridized carbons (Fsp3) is 0.0476. The van der Waals surface area contributed by atoms with Gasteiger partial charge in [0.25, 0.3) is 11.2 Å². The normalized spacial score (nSPS) is 10.7. The highest BCUT2D eigenvalue weighted by Crippen LogP contribution is 2.18. The summed E-state index contributed by atoms with van der Waals surface area (Å²) in [4.78, 5) is 28.3. The van der Waals surface area contributed by atoms with Gasteiger partial charge in [0.2, 0.25) is 0 Å². The number of rotatable bonds is 5. The molecule has 1 heterocycles. The molecule has 7 nitrogen and oxygen atoms in total. The van der Waals surface area contributed by atoms with Gasteiger partial charge in [-0.05, 0) is 36.4 Å². The molecule has 7 heteroatoms. The van der Waals surface area contributed by atoms with Crippen LogP contribution in [0.5, 0.6) is 0 Å². The van der Waals surface area contributed by atoms with Gasteiger partial charge in [-0.1, -0.05) is 30.3 Å². The van der Waals surface area contributed by atoms with Crippen molar-refractivity contribution in [3.63, 3.8) is 0 Å². The molecular weight excluding hydrogens is 356 g/mol. The van der Waals surface area contributed by atoms with Crippen LogP contribution in [0.1, 0.15) is 5.82 Å². The van der Waals surface area contributed by atoms with Crippen LogP contribution in [-0.4, -0.2) is 14.5 Å². The molecule has 1 N–H and O–H groups in total. The molecule has 4 aromatic rings. The lowest BCUT2D eigenvalue weighted by atomic mass is 10.2. The van der Waals surface area contributed by atoms with Crippen molar-refractivity contribution in [1.82, 2.24) is 9.55 Å². The van der Waals surface area contributed by atoms with Crippen LogP contribution in [-0.2, 0) is 6.54 Å². The third-order valence-electron chi connectivity index (χ3n) is 4.39. The van der Waals surface area contributed by atoms with Gasteiger partial charge < -0.3 is 5.32 Å². The van der Waals surface area contributed by atoms with Crippen molar-refractivity contribution in [3.8, 4) is 5.69 Å². The van der Waals surface area contributed by atoms with Crippen molar-refractivity contribution in [2.45, 2.75) is 6.54 Å². The van der Waals surface area contributed by atoms with Crippen molar-refractivity contribution in [1.29, 1.82) is 0 Å². The fourth-order valence-corrected chi connectivity index (χ4v) is 3.02. The summed E-state index contributed by atoms with van der Waals surface area (Å²) < 4.78 is 1.49. The van der Waals surface area contributed by atoms with Crippen LogP contribution in [0.25, 0.3) is 16.6 Å². The van der Waals surface area contributed by atoms with E-state index in [-0.39, 0.29) is 11.2 Å². The van der Waals surface area contributed by atoms with E-state index < -0.39 is 4.92 Å². The molecule has 0 unspecified atom stereocenters. The number of nitro benzene ring substituents is 1. The molecule has 0 atom stereocenters. The van der Waals surface area contributed by atoms with Crippen LogP contribution in [0.4, 0.5) is 11.4 Å². The number of nitro groups is 1. The van der Waals surface area contributed by atoms with Gasteiger partial charge in [0, 0.05) is 17.8 Å². The van der Waals surface area contributed by atoms with Gasteiger partial charge in [-0.15, -0.1) is 0 Å². The molecule has 1 aromatic heterocycles. The van der Waals surface area contributed by atoms with E-state index in [2.05, 4.69) is 10.3 Å². The van der Waals surface area contributed by atoms with Crippen LogP contribution in [0.15, 0.2) is 83.7 Å². The van der Waals surface area contributed by atoms with Gasteiger partial charge in [-0.2, -0.15) is 0 Å². The van der Waals surface area contributed by atoms with Crippen molar-refractivity contribution in [2.75, 3.05) is 5.32 Å². The molecule has 0 aliphatic heterocycles. The monoisotopic (exact) mass is 372 g/mol. The second-order valence-corrected chi connectivity index (χ2v) is 6.18. The first kappa shape index (κ1) is 17.4. The summed E-state index contributed by atoms with van der Waals surface area (Å²) in [6, 6.07) is 22.6. The van der Waals surface area contributed by atoms with Crippen LogP contribution >= 0.6 is 0 Å². The van der Waals surface area contributed by atoms with Gasteiger partial charge in [-0.3, -0.25) is 19.5 Å². The Kier molecular flexibility index (Phi) is 4.55. The minimum absolute atomic E-state index is 0.0329. The Balaban J connectivity index is 1.83. The quantitative estimate of drug-likeness (QED) is 0.424. The van der Waals surface area contributed by atoms with E-state index in [1.165, 1.54) is 16.7 Å². The number of fused-ring (bicyclic) bond motifs is 1.